The second-order valence-corrected chi connectivity index (χ2v) is 4.55. The summed E-state index contributed by atoms with van der Waals surface area (Å²) in [4.78, 5) is 11.5. The van der Waals surface area contributed by atoms with Gasteiger partial charge in [-0.2, -0.15) is 0 Å². The van der Waals surface area contributed by atoms with Crippen molar-refractivity contribution in [3.8, 4) is 0 Å². The minimum Gasteiger partial charge on any atom is -0.396 e. The van der Waals surface area contributed by atoms with E-state index in [0.717, 1.165) is 0 Å². The molecule has 0 aliphatic heterocycles. The van der Waals surface area contributed by atoms with Gasteiger partial charge in [-0.25, -0.2) is 9.18 Å². The molecule has 4 nitrogen and oxygen atoms in total. The van der Waals surface area contributed by atoms with Gasteiger partial charge in [0.05, 0.1) is 5.69 Å². The zero-order valence-electron chi connectivity index (χ0n) is 9.34. The van der Waals surface area contributed by atoms with Gasteiger partial charge in [-0.3, -0.25) is 0 Å². The average Bonchev–Trinajstić information content (AvgIpc) is 2.22. The summed E-state index contributed by atoms with van der Waals surface area (Å²) >= 11 is 3.13. The number of carbonyl (C=O) groups excluding carboxylic acids is 1. The fourth-order valence-electron chi connectivity index (χ4n) is 1.24. The average molecular weight is 305 g/mol. The van der Waals surface area contributed by atoms with Crippen LogP contribution in [0.2, 0.25) is 0 Å². The summed E-state index contributed by atoms with van der Waals surface area (Å²) in [6.07, 6.45) is 0.455. The Labute approximate surface area is 107 Å². The third kappa shape index (κ3) is 4.70. The fourth-order valence-corrected chi connectivity index (χ4v) is 1.57. The zero-order valence-corrected chi connectivity index (χ0v) is 10.9. The number of hydrogen-bond acceptors (Lipinski definition) is 2. The summed E-state index contributed by atoms with van der Waals surface area (Å²) in [5.41, 5.74) is 0.113. The fraction of sp³-hybridized carbons (Fsp3) is 0.364. The van der Waals surface area contributed by atoms with Crippen molar-refractivity contribution in [1.29, 1.82) is 0 Å². The van der Waals surface area contributed by atoms with Gasteiger partial charge >= 0.3 is 6.03 Å². The predicted octanol–water partition coefficient (Wildman–Crippen LogP) is 2.48. The first-order chi connectivity index (χ1) is 8.02. The predicted molar refractivity (Wildman–Crippen MR) is 67.4 cm³/mol. The topological polar surface area (TPSA) is 61.4 Å². The van der Waals surface area contributed by atoms with Crippen molar-refractivity contribution in [2.75, 3.05) is 11.9 Å². The quantitative estimate of drug-likeness (QED) is 0.800. The maximum atomic E-state index is 13.4. The van der Waals surface area contributed by atoms with E-state index in [-0.39, 0.29) is 18.3 Å². The lowest BCUT2D eigenvalue weighted by molar-refractivity contribution is 0.241. The van der Waals surface area contributed by atoms with Crippen LogP contribution in [0.25, 0.3) is 0 Å². The molecule has 6 heteroatoms. The summed E-state index contributed by atoms with van der Waals surface area (Å²) < 4.78 is 14.0. The van der Waals surface area contributed by atoms with Gasteiger partial charge in [0.15, 0.2) is 0 Å². The molecule has 94 valence electrons. The number of nitrogens with one attached hydrogen (secondary N) is 2. The first kappa shape index (κ1) is 13.9. The van der Waals surface area contributed by atoms with Gasteiger partial charge in [-0.15, -0.1) is 0 Å². The van der Waals surface area contributed by atoms with Gasteiger partial charge in [0.25, 0.3) is 0 Å². The third-order valence-corrected chi connectivity index (χ3v) is 2.61. The van der Waals surface area contributed by atoms with Gasteiger partial charge in [-0.1, -0.05) is 15.9 Å². The first-order valence-corrected chi connectivity index (χ1v) is 5.95. The van der Waals surface area contributed by atoms with E-state index in [4.69, 9.17) is 5.11 Å². The van der Waals surface area contributed by atoms with Crippen LogP contribution in [0.3, 0.4) is 0 Å². The van der Waals surface area contributed by atoms with Crippen LogP contribution < -0.4 is 10.6 Å². The Morgan fingerprint density at radius 3 is 2.88 bits per heavy atom. The minimum atomic E-state index is -0.510. The summed E-state index contributed by atoms with van der Waals surface area (Å²) in [6, 6.07) is 3.71. The normalized spacial score (nSPS) is 12.0. The smallest absolute Gasteiger partial charge is 0.319 e. The molecule has 1 rings (SSSR count). The molecule has 0 saturated carbocycles. The lowest BCUT2D eigenvalue weighted by Gasteiger charge is -2.13. The molecule has 0 aliphatic rings. The molecule has 0 aromatic heterocycles. The van der Waals surface area contributed by atoms with Crippen LogP contribution in [0.5, 0.6) is 0 Å². The van der Waals surface area contributed by atoms with Crippen LogP contribution >= 0.6 is 15.9 Å². The summed E-state index contributed by atoms with van der Waals surface area (Å²) in [5.74, 6) is -0.510. The molecule has 0 aliphatic carbocycles. The van der Waals surface area contributed by atoms with Crippen LogP contribution in [0.15, 0.2) is 22.7 Å². The maximum Gasteiger partial charge on any atom is 0.319 e. The van der Waals surface area contributed by atoms with Crippen molar-refractivity contribution in [3.63, 3.8) is 0 Å². The lowest BCUT2D eigenvalue weighted by Crippen LogP contribution is -2.36. The number of halogens is 2. The van der Waals surface area contributed by atoms with Crippen LogP contribution in [-0.2, 0) is 0 Å². The molecular formula is C11H14BrFN2O2. The van der Waals surface area contributed by atoms with E-state index in [1.54, 1.807) is 13.0 Å². The minimum absolute atomic E-state index is 0.00586. The maximum absolute atomic E-state index is 13.4. The molecule has 1 atom stereocenters. The second kappa shape index (κ2) is 6.56. The first-order valence-electron chi connectivity index (χ1n) is 5.16. The van der Waals surface area contributed by atoms with Gasteiger partial charge < -0.3 is 15.7 Å². The summed E-state index contributed by atoms with van der Waals surface area (Å²) in [5, 5.41) is 13.7. The van der Waals surface area contributed by atoms with Gasteiger partial charge in [0.1, 0.15) is 5.82 Å². The highest BCUT2D eigenvalue weighted by Gasteiger charge is 2.09. The molecule has 0 unspecified atom stereocenters. The summed E-state index contributed by atoms with van der Waals surface area (Å²) in [7, 11) is 0. The number of aliphatic hydroxyl groups is 1. The van der Waals surface area contributed by atoms with Gasteiger partial charge in [0, 0.05) is 17.1 Å². The van der Waals surface area contributed by atoms with E-state index in [2.05, 4.69) is 26.6 Å². The molecule has 0 fully saturated rings. The van der Waals surface area contributed by atoms with E-state index < -0.39 is 11.8 Å². The monoisotopic (exact) mass is 304 g/mol. The highest BCUT2D eigenvalue weighted by Crippen LogP contribution is 2.19. The third-order valence-electron chi connectivity index (χ3n) is 2.12. The van der Waals surface area contributed by atoms with Crippen LogP contribution in [0.4, 0.5) is 14.9 Å². The molecular weight excluding hydrogens is 291 g/mol. The molecule has 0 radical (unpaired) electrons. The Kier molecular flexibility index (Phi) is 5.37. The Hall–Kier alpha value is -1.14. The number of aliphatic hydroxyl groups excluding tert-OH is 1. The standard InChI is InChI=1S/C11H14BrFN2O2/c1-7(4-5-16)14-11(17)15-10-3-2-8(12)6-9(10)13/h2-3,6-7,16H,4-5H2,1H3,(H2,14,15,17)/t7-/m1/s1. The summed E-state index contributed by atoms with van der Waals surface area (Å²) in [6.45, 7) is 1.75. The van der Waals surface area contributed by atoms with Gasteiger partial charge in [0.2, 0.25) is 0 Å². The van der Waals surface area contributed by atoms with Crippen molar-refractivity contribution in [2.24, 2.45) is 0 Å². The SMILES string of the molecule is C[C@H](CCO)NC(=O)Nc1ccc(Br)cc1F. The van der Waals surface area contributed by atoms with E-state index >= 15 is 0 Å². The molecule has 2 amide bonds. The Balaban J connectivity index is 2.56. The highest BCUT2D eigenvalue weighted by atomic mass is 79.9. The van der Waals surface area contributed by atoms with Crippen molar-refractivity contribution < 1.29 is 14.3 Å². The largest absolute Gasteiger partial charge is 0.396 e. The number of anilines is 1. The van der Waals surface area contributed by atoms with Crippen molar-refractivity contribution >= 4 is 27.6 Å². The van der Waals surface area contributed by atoms with E-state index in [1.165, 1.54) is 12.1 Å². The Bertz CT molecular complexity index is 401. The van der Waals surface area contributed by atoms with E-state index in [0.29, 0.717) is 10.9 Å². The number of hydrogen-bond donors (Lipinski definition) is 3. The molecule has 0 bridgehead atoms. The lowest BCUT2D eigenvalue weighted by atomic mass is 10.2. The van der Waals surface area contributed by atoms with Crippen molar-refractivity contribution in [1.82, 2.24) is 5.32 Å². The van der Waals surface area contributed by atoms with Crippen LogP contribution in [0.1, 0.15) is 13.3 Å². The van der Waals surface area contributed by atoms with E-state index in [9.17, 15) is 9.18 Å². The van der Waals surface area contributed by atoms with Crippen molar-refractivity contribution in [3.05, 3.63) is 28.5 Å². The number of carbonyl (C=O) groups is 1. The number of urea groups is 1. The zero-order chi connectivity index (χ0) is 12.8. The molecule has 17 heavy (non-hydrogen) atoms. The van der Waals surface area contributed by atoms with Gasteiger partial charge in [-0.05, 0) is 31.5 Å². The number of benzene rings is 1. The second-order valence-electron chi connectivity index (χ2n) is 3.64. The van der Waals surface area contributed by atoms with E-state index in [1.807, 2.05) is 0 Å². The molecule has 3 N–H and O–H groups in total. The Morgan fingerprint density at radius 1 is 1.59 bits per heavy atom. The van der Waals surface area contributed by atoms with Crippen LogP contribution in [-0.4, -0.2) is 23.8 Å². The molecule has 0 spiro atoms. The number of rotatable bonds is 4. The number of amides is 2. The molecule has 1 aromatic rings. The molecule has 1 aromatic carbocycles. The Morgan fingerprint density at radius 2 is 2.29 bits per heavy atom. The molecule has 0 heterocycles. The van der Waals surface area contributed by atoms with Crippen molar-refractivity contribution in [2.45, 2.75) is 19.4 Å². The highest BCUT2D eigenvalue weighted by molar-refractivity contribution is 9.10. The van der Waals surface area contributed by atoms with Crippen LogP contribution in [0, 0.1) is 5.82 Å². The molecule has 0 saturated heterocycles.